The minimum absolute atomic E-state index is 0.0297. The molecule has 11 heteroatoms. The predicted octanol–water partition coefficient (Wildman–Crippen LogP) is 3.29. The molecule has 1 aliphatic rings. The second kappa shape index (κ2) is 7.11. The van der Waals surface area contributed by atoms with Crippen LogP contribution in [0.1, 0.15) is 21.5 Å². The molecule has 0 saturated carbocycles. The Morgan fingerprint density at radius 3 is 2.29 bits per heavy atom. The number of aromatic amines is 2. The molecule has 0 saturated heterocycles. The lowest BCUT2D eigenvalue weighted by atomic mass is 10.0. The Morgan fingerprint density at radius 1 is 0.903 bits per heavy atom. The van der Waals surface area contributed by atoms with E-state index in [0.717, 1.165) is 35.2 Å². The number of nitrogens with one attached hydrogen (secondary N) is 2. The lowest BCUT2D eigenvalue weighted by molar-refractivity contribution is -0.137. The molecule has 7 nitrogen and oxygen atoms in total. The zero-order chi connectivity index (χ0) is 22.5. The summed E-state index contributed by atoms with van der Waals surface area (Å²) in [7, 11) is 0. The third kappa shape index (κ3) is 3.69. The SMILES string of the molecule is Cc1cc(F)ccc1N1CN(c2cc(=O)[nH]c(=O)[nH]2)C(=O)c2ccc(C(F)(F)F)cc21. The molecular weight excluding hydrogens is 420 g/mol. The number of benzene rings is 2. The predicted molar refractivity (Wildman–Crippen MR) is 104 cm³/mol. The Hall–Kier alpha value is -3.89. The van der Waals surface area contributed by atoms with Gasteiger partial charge in [-0.25, -0.2) is 9.18 Å². The molecule has 4 rings (SSSR count). The van der Waals surface area contributed by atoms with Crippen molar-refractivity contribution in [3.05, 3.63) is 85.8 Å². The van der Waals surface area contributed by atoms with Gasteiger partial charge in [-0.05, 0) is 48.9 Å². The van der Waals surface area contributed by atoms with Crippen LogP contribution < -0.4 is 21.0 Å². The molecule has 2 N–H and O–H groups in total. The van der Waals surface area contributed by atoms with E-state index < -0.39 is 34.7 Å². The number of rotatable bonds is 2. The molecule has 0 fully saturated rings. The number of anilines is 3. The first kappa shape index (κ1) is 20.4. The number of amides is 1. The van der Waals surface area contributed by atoms with Crippen LogP contribution in [0.3, 0.4) is 0 Å². The van der Waals surface area contributed by atoms with Gasteiger partial charge in [0, 0.05) is 11.8 Å². The number of nitrogens with zero attached hydrogens (tertiary/aromatic N) is 2. The van der Waals surface area contributed by atoms with Crippen molar-refractivity contribution in [1.29, 1.82) is 0 Å². The molecule has 0 bridgehead atoms. The summed E-state index contributed by atoms with van der Waals surface area (Å²) in [6.07, 6.45) is -4.64. The fourth-order valence-corrected chi connectivity index (χ4v) is 3.45. The molecule has 2 heterocycles. The molecular formula is C20H14F4N4O3. The number of carbonyl (C=O) groups is 1. The van der Waals surface area contributed by atoms with Crippen LogP contribution in [-0.4, -0.2) is 22.5 Å². The van der Waals surface area contributed by atoms with Crippen LogP contribution in [0.25, 0.3) is 0 Å². The highest BCUT2D eigenvalue weighted by Crippen LogP contribution is 2.40. The van der Waals surface area contributed by atoms with Crippen molar-refractivity contribution in [3.63, 3.8) is 0 Å². The van der Waals surface area contributed by atoms with E-state index >= 15 is 0 Å². The van der Waals surface area contributed by atoms with E-state index in [1.54, 1.807) is 6.92 Å². The third-order valence-electron chi connectivity index (χ3n) is 4.86. The molecule has 160 valence electrons. The third-order valence-corrected chi connectivity index (χ3v) is 4.86. The molecule has 2 aromatic carbocycles. The van der Waals surface area contributed by atoms with Crippen LogP contribution in [0.15, 0.2) is 52.1 Å². The van der Waals surface area contributed by atoms with E-state index in [2.05, 4.69) is 4.98 Å². The van der Waals surface area contributed by atoms with E-state index in [-0.39, 0.29) is 23.7 Å². The van der Waals surface area contributed by atoms with Gasteiger partial charge in [0.2, 0.25) is 0 Å². The molecule has 1 amide bonds. The van der Waals surface area contributed by atoms with Crippen molar-refractivity contribution in [2.75, 3.05) is 16.5 Å². The van der Waals surface area contributed by atoms with Gasteiger partial charge in [-0.15, -0.1) is 0 Å². The van der Waals surface area contributed by atoms with Gasteiger partial charge in [0.25, 0.3) is 11.5 Å². The van der Waals surface area contributed by atoms with Crippen LogP contribution in [-0.2, 0) is 6.18 Å². The van der Waals surface area contributed by atoms with Crippen molar-refractivity contribution in [2.45, 2.75) is 13.1 Å². The van der Waals surface area contributed by atoms with E-state index in [1.807, 2.05) is 4.98 Å². The maximum absolute atomic E-state index is 13.6. The minimum Gasteiger partial charge on any atom is -0.322 e. The van der Waals surface area contributed by atoms with Crippen LogP contribution >= 0.6 is 0 Å². The van der Waals surface area contributed by atoms with Gasteiger partial charge in [-0.1, -0.05) is 0 Å². The average Bonchev–Trinajstić information content (AvgIpc) is 2.67. The number of H-pyrrole nitrogens is 2. The Morgan fingerprint density at radius 2 is 1.65 bits per heavy atom. The zero-order valence-electron chi connectivity index (χ0n) is 15.9. The topological polar surface area (TPSA) is 89.3 Å². The van der Waals surface area contributed by atoms with Crippen LogP contribution in [0.4, 0.5) is 34.8 Å². The highest BCUT2D eigenvalue weighted by atomic mass is 19.4. The van der Waals surface area contributed by atoms with Crippen molar-refractivity contribution in [2.24, 2.45) is 0 Å². The Kier molecular flexibility index (Phi) is 4.68. The normalized spacial score (nSPS) is 14.0. The second-order valence-corrected chi connectivity index (χ2v) is 6.94. The Bertz CT molecular complexity index is 1280. The van der Waals surface area contributed by atoms with E-state index in [0.29, 0.717) is 11.3 Å². The fourth-order valence-electron chi connectivity index (χ4n) is 3.45. The highest BCUT2D eigenvalue weighted by Gasteiger charge is 2.37. The summed E-state index contributed by atoms with van der Waals surface area (Å²) in [4.78, 5) is 43.2. The number of hydrogen-bond donors (Lipinski definition) is 2. The van der Waals surface area contributed by atoms with E-state index in [4.69, 9.17) is 0 Å². The first-order valence-electron chi connectivity index (χ1n) is 8.95. The van der Waals surface area contributed by atoms with Crippen molar-refractivity contribution in [1.82, 2.24) is 9.97 Å². The quantitative estimate of drug-likeness (QED) is 0.606. The molecule has 0 radical (unpaired) electrons. The van der Waals surface area contributed by atoms with Gasteiger partial charge in [0.15, 0.2) is 0 Å². The molecule has 0 unspecified atom stereocenters. The second-order valence-electron chi connectivity index (χ2n) is 6.94. The highest BCUT2D eigenvalue weighted by molar-refractivity contribution is 6.12. The molecule has 1 aliphatic heterocycles. The Labute approximate surface area is 171 Å². The zero-order valence-corrected chi connectivity index (χ0v) is 15.9. The van der Waals surface area contributed by atoms with Gasteiger partial charge in [-0.2, -0.15) is 13.2 Å². The lowest BCUT2D eigenvalue weighted by Gasteiger charge is -2.38. The van der Waals surface area contributed by atoms with Crippen molar-refractivity contribution in [3.8, 4) is 0 Å². The summed E-state index contributed by atoms with van der Waals surface area (Å²) in [5.41, 5.74) is -1.90. The van der Waals surface area contributed by atoms with Gasteiger partial charge >= 0.3 is 11.9 Å². The van der Waals surface area contributed by atoms with Crippen molar-refractivity contribution < 1.29 is 22.4 Å². The number of aryl methyl sites for hydroxylation is 1. The average molecular weight is 434 g/mol. The van der Waals surface area contributed by atoms with Crippen molar-refractivity contribution >= 4 is 23.1 Å². The summed E-state index contributed by atoms with van der Waals surface area (Å²) >= 11 is 0. The monoisotopic (exact) mass is 434 g/mol. The van der Waals surface area contributed by atoms with Gasteiger partial charge in [0.1, 0.15) is 18.3 Å². The van der Waals surface area contributed by atoms with Gasteiger partial charge in [-0.3, -0.25) is 24.5 Å². The molecule has 0 spiro atoms. The van der Waals surface area contributed by atoms with E-state index in [1.165, 1.54) is 17.0 Å². The number of halogens is 4. The molecule has 0 atom stereocenters. The molecule has 31 heavy (non-hydrogen) atoms. The number of aromatic nitrogens is 2. The summed E-state index contributed by atoms with van der Waals surface area (Å²) in [5, 5.41) is 0. The molecule has 0 aliphatic carbocycles. The smallest absolute Gasteiger partial charge is 0.322 e. The van der Waals surface area contributed by atoms with E-state index in [9.17, 15) is 31.9 Å². The fraction of sp³-hybridized carbons (Fsp3) is 0.150. The Balaban J connectivity index is 1.94. The summed E-state index contributed by atoms with van der Waals surface area (Å²) < 4.78 is 53.5. The number of hydrogen-bond acceptors (Lipinski definition) is 4. The number of carbonyl (C=O) groups excluding carboxylic acids is 1. The maximum Gasteiger partial charge on any atom is 0.416 e. The first-order chi connectivity index (χ1) is 14.5. The molecule has 1 aromatic heterocycles. The van der Waals surface area contributed by atoms with Gasteiger partial charge in [0.05, 0.1) is 16.8 Å². The van der Waals surface area contributed by atoms with Crippen LogP contribution in [0, 0.1) is 12.7 Å². The standard InChI is InChI=1S/C20H14F4N4O3/c1-10-6-12(21)3-5-14(10)27-9-28(16-8-17(29)26-19(31)25-16)18(30)13-4-2-11(7-15(13)27)20(22,23)24/h2-8H,9H2,1H3,(H2,25,26,29,31). The first-order valence-corrected chi connectivity index (χ1v) is 8.95. The summed E-state index contributed by atoms with van der Waals surface area (Å²) in [5.74, 6) is -1.37. The number of alkyl halides is 3. The maximum atomic E-state index is 13.6. The van der Waals surface area contributed by atoms with Gasteiger partial charge < -0.3 is 4.90 Å². The summed E-state index contributed by atoms with van der Waals surface area (Å²) in [6.45, 7) is 1.25. The minimum atomic E-state index is -4.64. The van der Waals surface area contributed by atoms with Crippen LogP contribution in [0.2, 0.25) is 0 Å². The number of fused-ring (bicyclic) bond motifs is 1. The molecule has 3 aromatic rings. The largest absolute Gasteiger partial charge is 0.416 e. The summed E-state index contributed by atoms with van der Waals surface area (Å²) in [6, 6.07) is 7.37. The van der Waals surface area contributed by atoms with Crippen LogP contribution in [0.5, 0.6) is 0 Å². The lowest BCUT2D eigenvalue weighted by Crippen LogP contribution is -2.46.